The normalized spacial score (nSPS) is 10.8. The van der Waals surface area contributed by atoms with Crippen molar-refractivity contribution in [2.45, 2.75) is 13.3 Å². The van der Waals surface area contributed by atoms with Crippen LogP contribution in [-0.4, -0.2) is 27.6 Å². The molecule has 1 N–H and O–H groups in total. The van der Waals surface area contributed by atoms with Gasteiger partial charge in [-0.1, -0.05) is 6.07 Å². The van der Waals surface area contributed by atoms with E-state index in [-0.39, 0.29) is 5.91 Å². The highest BCUT2D eigenvalue weighted by molar-refractivity contribution is 7.17. The maximum absolute atomic E-state index is 12.2. The van der Waals surface area contributed by atoms with Gasteiger partial charge in [-0.2, -0.15) is 0 Å². The number of thiazole rings is 1. The number of amides is 1. The lowest BCUT2D eigenvalue weighted by atomic mass is 10.2. The second kappa shape index (κ2) is 5.64. The molecular formula is C13H12N4OS2. The van der Waals surface area contributed by atoms with Gasteiger partial charge in [0, 0.05) is 13.0 Å². The van der Waals surface area contributed by atoms with E-state index in [1.807, 2.05) is 25.1 Å². The van der Waals surface area contributed by atoms with E-state index in [0.29, 0.717) is 18.5 Å². The van der Waals surface area contributed by atoms with Gasteiger partial charge in [-0.05, 0) is 19.1 Å². The first kappa shape index (κ1) is 13.1. The van der Waals surface area contributed by atoms with Crippen LogP contribution in [0.25, 0.3) is 10.2 Å². The fourth-order valence-corrected chi connectivity index (χ4v) is 3.39. The third-order valence-electron chi connectivity index (χ3n) is 2.79. The van der Waals surface area contributed by atoms with Crippen molar-refractivity contribution in [1.82, 2.24) is 20.5 Å². The number of hydrogen-bond acceptors (Lipinski definition) is 6. The maximum Gasteiger partial charge on any atom is 0.252 e. The van der Waals surface area contributed by atoms with Crippen LogP contribution in [0.4, 0.5) is 0 Å². The molecule has 0 spiro atoms. The molecule has 3 aromatic rings. The minimum absolute atomic E-state index is 0.0684. The summed E-state index contributed by atoms with van der Waals surface area (Å²) in [7, 11) is 0. The number of aromatic nitrogens is 3. The fraction of sp³-hybridized carbons (Fsp3) is 0.231. The highest BCUT2D eigenvalue weighted by atomic mass is 32.1. The minimum atomic E-state index is -0.0684. The molecule has 0 aliphatic heterocycles. The molecule has 0 atom stereocenters. The van der Waals surface area contributed by atoms with Gasteiger partial charge in [-0.25, -0.2) is 4.98 Å². The van der Waals surface area contributed by atoms with Gasteiger partial charge >= 0.3 is 0 Å². The molecule has 0 saturated carbocycles. The molecule has 3 rings (SSSR count). The van der Waals surface area contributed by atoms with E-state index in [4.69, 9.17) is 0 Å². The van der Waals surface area contributed by atoms with E-state index in [0.717, 1.165) is 20.2 Å². The third kappa shape index (κ3) is 2.68. The molecule has 0 unspecified atom stereocenters. The molecule has 0 aliphatic carbocycles. The van der Waals surface area contributed by atoms with Crippen molar-refractivity contribution in [3.8, 4) is 0 Å². The van der Waals surface area contributed by atoms with Crippen molar-refractivity contribution < 1.29 is 4.79 Å². The molecule has 0 saturated heterocycles. The van der Waals surface area contributed by atoms with E-state index >= 15 is 0 Å². The van der Waals surface area contributed by atoms with E-state index in [1.54, 1.807) is 16.8 Å². The molecule has 1 aromatic carbocycles. The highest BCUT2D eigenvalue weighted by Crippen LogP contribution is 2.21. The summed E-state index contributed by atoms with van der Waals surface area (Å²) < 4.78 is 0.928. The van der Waals surface area contributed by atoms with Gasteiger partial charge in [0.2, 0.25) is 0 Å². The molecule has 0 bridgehead atoms. The van der Waals surface area contributed by atoms with Crippen LogP contribution in [0.3, 0.4) is 0 Å². The Hall–Kier alpha value is -1.86. The van der Waals surface area contributed by atoms with Crippen molar-refractivity contribution in [2.24, 2.45) is 0 Å². The van der Waals surface area contributed by atoms with E-state index in [9.17, 15) is 4.79 Å². The molecule has 0 aliphatic rings. The quantitative estimate of drug-likeness (QED) is 0.804. The lowest BCUT2D eigenvalue weighted by Gasteiger charge is -2.04. The Kier molecular flexibility index (Phi) is 3.70. The number of aryl methyl sites for hydroxylation is 1. The number of rotatable bonds is 4. The van der Waals surface area contributed by atoms with Gasteiger partial charge in [0.1, 0.15) is 10.0 Å². The lowest BCUT2D eigenvalue weighted by Crippen LogP contribution is -2.25. The van der Waals surface area contributed by atoms with Crippen LogP contribution in [0.15, 0.2) is 23.7 Å². The Labute approximate surface area is 123 Å². The van der Waals surface area contributed by atoms with Gasteiger partial charge in [-0.15, -0.1) is 32.9 Å². The number of carbonyl (C=O) groups excluding carboxylic acids is 1. The Morgan fingerprint density at radius 2 is 2.25 bits per heavy atom. The summed E-state index contributed by atoms with van der Waals surface area (Å²) in [6.07, 6.45) is 0.704. The molecule has 7 heteroatoms. The zero-order chi connectivity index (χ0) is 13.9. The number of hydrogen-bond donors (Lipinski definition) is 1. The average Bonchev–Trinajstić information content (AvgIpc) is 3.06. The van der Waals surface area contributed by atoms with Gasteiger partial charge in [0.05, 0.1) is 21.3 Å². The molecule has 1 amide bonds. The summed E-state index contributed by atoms with van der Waals surface area (Å²) in [6.45, 7) is 2.48. The lowest BCUT2D eigenvalue weighted by molar-refractivity contribution is 0.0956. The molecular weight excluding hydrogens is 292 g/mol. The van der Waals surface area contributed by atoms with Crippen LogP contribution >= 0.6 is 22.7 Å². The largest absolute Gasteiger partial charge is 0.352 e. The van der Waals surface area contributed by atoms with Gasteiger partial charge in [0.15, 0.2) is 0 Å². The molecule has 2 heterocycles. The predicted octanol–water partition coefficient (Wildman–Crippen LogP) is 2.43. The summed E-state index contributed by atoms with van der Waals surface area (Å²) >= 11 is 3.04. The molecule has 2 aromatic heterocycles. The molecule has 5 nitrogen and oxygen atoms in total. The smallest absolute Gasteiger partial charge is 0.252 e. The molecule has 0 radical (unpaired) electrons. The second-order valence-corrected chi connectivity index (χ2v) is 6.35. The summed E-state index contributed by atoms with van der Waals surface area (Å²) in [5.74, 6) is -0.0684. The Morgan fingerprint density at radius 3 is 3.05 bits per heavy atom. The first-order valence-corrected chi connectivity index (χ1v) is 7.83. The van der Waals surface area contributed by atoms with Crippen molar-refractivity contribution in [1.29, 1.82) is 0 Å². The van der Waals surface area contributed by atoms with Crippen molar-refractivity contribution in [3.05, 3.63) is 39.3 Å². The van der Waals surface area contributed by atoms with Crippen LogP contribution in [0.2, 0.25) is 0 Å². The number of carbonyl (C=O) groups is 1. The van der Waals surface area contributed by atoms with Crippen molar-refractivity contribution in [2.75, 3.05) is 6.54 Å². The molecule has 20 heavy (non-hydrogen) atoms. The number of nitrogens with one attached hydrogen (secondary N) is 1. The number of nitrogens with zero attached hydrogens (tertiary/aromatic N) is 3. The second-order valence-electron chi connectivity index (χ2n) is 4.23. The highest BCUT2D eigenvalue weighted by Gasteiger charge is 2.11. The Morgan fingerprint density at radius 1 is 1.35 bits per heavy atom. The average molecular weight is 304 g/mol. The van der Waals surface area contributed by atoms with Crippen LogP contribution in [0.1, 0.15) is 20.4 Å². The number of benzene rings is 1. The van der Waals surface area contributed by atoms with Crippen molar-refractivity contribution >= 4 is 38.8 Å². The van der Waals surface area contributed by atoms with Gasteiger partial charge in [0.25, 0.3) is 5.91 Å². The van der Waals surface area contributed by atoms with E-state index < -0.39 is 0 Å². The summed E-state index contributed by atoms with van der Waals surface area (Å²) in [5.41, 5.74) is 3.30. The summed E-state index contributed by atoms with van der Waals surface area (Å²) in [6, 6.07) is 5.59. The molecule has 0 fully saturated rings. The first-order chi connectivity index (χ1) is 9.74. The van der Waals surface area contributed by atoms with Gasteiger partial charge in [-0.3, -0.25) is 4.79 Å². The van der Waals surface area contributed by atoms with Crippen LogP contribution in [-0.2, 0) is 6.42 Å². The first-order valence-electron chi connectivity index (χ1n) is 6.13. The van der Waals surface area contributed by atoms with Crippen molar-refractivity contribution in [3.63, 3.8) is 0 Å². The Balaban J connectivity index is 1.66. The fourth-order valence-electron chi connectivity index (χ4n) is 1.88. The third-order valence-corrected chi connectivity index (χ3v) is 4.57. The minimum Gasteiger partial charge on any atom is -0.352 e. The zero-order valence-corrected chi connectivity index (χ0v) is 12.4. The predicted molar refractivity (Wildman–Crippen MR) is 80.3 cm³/mol. The number of fused-ring (bicyclic) bond motifs is 1. The summed E-state index contributed by atoms with van der Waals surface area (Å²) in [4.78, 5) is 16.4. The van der Waals surface area contributed by atoms with E-state index in [2.05, 4.69) is 20.5 Å². The Bertz CT molecular complexity index is 750. The van der Waals surface area contributed by atoms with Gasteiger partial charge < -0.3 is 5.32 Å². The van der Waals surface area contributed by atoms with Crippen LogP contribution < -0.4 is 5.32 Å². The SMILES string of the molecule is Cc1nnc(CCNC(=O)c2cccc3ncsc23)s1. The van der Waals surface area contributed by atoms with E-state index in [1.165, 1.54) is 11.3 Å². The zero-order valence-electron chi connectivity index (χ0n) is 10.8. The standard InChI is InChI=1S/C13H12N4OS2/c1-8-16-17-11(20-8)5-6-14-13(18)9-3-2-4-10-12(9)19-7-15-10/h2-4,7H,5-6H2,1H3,(H,14,18). The van der Waals surface area contributed by atoms with Crippen LogP contribution in [0.5, 0.6) is 0 Å². The summed E-state index contributed by atoms with van der Waals surface area (Å²) in [5, 5.41) is 12.8. The monoisotopic (exact) mass is 304 g/mol. The maximum atomic E-state index is 12.2. The van der Waals surface area contributed by atoms with Crippen LogP contribution in [0, 0.1) is 6.92 Å². The molecule has 102 valence electrons. The topological polar surface area (TPSA) is 67.8 Å².